The van der Waals surface area contributed by atoms with Gasteiger partial charge in [0.25, 0.3) is 0 Å². The molecule has 0 spiro atoms. The minimum atomic E-state index is -2.17. The Labute approximate surface area is 434 Å². The monoisotopic (exact) mass is 1030 g/mol. The molecule has 0 atom stereocenters. The van der Waals surface area contributed by atoms with Crippen molar-refractivity contribution in [2.75, 3.05) is 45.8 Å². The summed E-state index contributed by atoms with van der Waals surface area (Å²) in [6.45, 7) is 25.6. The molecule has 0 heterocycles. The van der Waals surface area contributed by atoms with Crippen molar-refractivity contribution in [3.63, 3.8) is 0 Å². The van der Waals surface area contributed by atoms with Crippen molar-refractivity contribution in [3.05, 3.63) is 70.9 Å². The van der Waals surface area contributed by atoms with Crippen molar-refractivity contribution in [3.8, 4) is 0 Å². The van der Waals surface area contributed by atoms with Crippen molar-refractivity contribution >= 4 is 42.8 Å². The van der Waals surface area contributed by atoms with Gasteiger partial charge in [-0.1, -0.05) is 158 Å². The zero-order valence-electron chi connectivity index (χ0n) is 45.8. The molecule has 0 saturated carbocycles. The number of hydrogen-bond acceptors (Lipinski definition) is 10. The Morgan fingerprint density at radius 1 is 0.629 bits per heavy atom. The third kappa shape index (κ3) is 52.6. The van der Waals surface area contributed by atoms with Crippen LogP contribution in [0.25, 0.3) is 0 Å². The number of ether oxygens (including phenoxy) is 4. The summed E-state index contributed by atoms with van der Waals surface area (Å²) in [5.74, 6) is -0.703. The van der Waals surface area contributed by atoms with E-state index in [2.05, 4.69) is 69.7 Å². The van der Waals surface area contributed by atoms with Crippen LogP contribution in [0, 0.1) is 5.41 Å². The van der Waals surface area contributed by atoms with Crippen LogP contribution in [0.3, 0.4) is 0 Å². The van der Waals surface area contributed by atoms with Gasteiger partial charge in [-0.2, -0.15) is 0 Å². The van der Waals surface area contributed by atoms with Gasteiger partial charge in [-0.25, -0.2) is 4.79 Å². The fourth-order valence-electron chi connectivity index (χ4n) is 7.19. The predicted molar refractivity (Wildman–Crippen MR) is 298 cm³/mol. The highest BCUT2D eigenvalue weighted by molar-refractivity contribution is 7.57. The van der Waals surface area contributed by atoms with E-state index in [0.717, 1.165) is 50.5 Å². The molecule has 0 saturated heterocycles. The van der Waals surface area contributed by atoms with Gasteiger partial charge in [-0.15, -0.1) is 0 Å². The van der Waals surface area contributed by atoms with Gasteiger partial charge >= 0.3 is 23.9 Å². The Morgan fingerprint density at radius 2 is 1.09 bits per heavy atom. The maximum Gasteiger partial charge on any atom is 0.330 e. The lowest BCUT2D eigenvalue weighted by atomic mass is 9.72. The number of alkyl halides is 1. The average molecular weight is 1030 g/mol. The van der Waals surface area contributed by atoms with Gasteiger partial charge in [0.05, 0.1) is 26.4 Å². The number of rotatable bonds is 33. The maximum absolute atomic E-state index is 11.4. The summed E-state index contributed by atoms with van der Waals surface area (Å²) in [6, 6.07) is -0.0711. The van der Waals surface area contributed by atoms with Crippen LogP contribution in [-0.4, -0.2) is 69.7 Å². The summed E-state index contributed by atoms with van der Waals surface area (Å²) < 4.78 is 34.6. The number of esters is 4. The molecule has 1 aliphatic rings. The van der Waals surface area contributed by atoms with Gasteiger partial charge < -0.3 is 23.5 Å². The fraction of sp³-hybridized carbons (Fsp3) is 0.724. The molecule has 10 nitrogen and oxygen atoms in total. The number of carbonyl (C=O) groups is 4. The zero-order valence-corrected chi connectivity index (χ0v) is 47.5. The van der Waals surface area contributed by atoms with Crippen LogP contribution < -0.4 is 0 Å². The van der Waals surface area contributed by atoms with Gasteiger partial charge in [-0.05, 0) is 129 Å². The van der Waals surface area contributed by atoms with Crippen LogP contribution in [0.4, 0.5) is 0 Å². The molecule has 0 aromatic carbocycles. The summed E-state index contributed by atoms with van der Waals surface area (Å²) in [4.78, 5) is 44.4. The summed E-state index contributed by atoms with van der Waals surface area (Å²) in [5.41, 5.74) is 5.33. The minimum absolute atomic E-state index is 0. The number of unbranched alkanes of at least 4 members (excludes halogenated alkanes) is 14. The van der Waals surface area contributed by atoms with Crippen molar-refractivity contribution in [2.45, 2.75) is 224 Å². The second-order valence-electron chi connectivity index (χ2n) is 18.3. The van der Waals surface area contributed by atoms with Crippen LogP contribution in [0.15, 0.2) is 70.9 Å². The molecule has 0 N–H and O–H groups in total. The van der Waals surface area contributed by atoms with Gasteiger partial charge in [0.2, 0.25) is 0 Å². The highest BCUT2D eigenvalue weighted by Crippen LogP contribution is 2.41. The van der Waals surface area contributed by atoms with E-state index in [-0.39, 0.29) is 42.8 Å². The molecule has 0 amide bonds. The highest BCUT2D eigenvalue weighted by Gasteiger charge is 2.26. The standard InChI is InChI=1S/C22H32O2.C19H36O2.C12H21ClO4.C4H11O2P.CH4/c1-7-24-21(23)16-18(3)11-8-10-17(2)13-14-20-19(4)12-9-15-22(20,5)6;1-3-5-6-7-8-9-10-11-12-13-14-15-16-17-18-19(20)21-4-2;1-2-16-11(14)8-6-4-3-5-7-9-12(15)17-10-13;1-4-6-7(2,3)5;/h8,10-11,13-14,16H,7,9,12,15H2,1-6H3;10-11H,3-9,12-18H2,1-2H3;2-10H2,1H3;4H2,1-3H3;1H4/b11-8+,14-13+,17-10+,18-16+;11-10+;;;. The first-order valence-electron chi connectivity index (χ1n) is 26.3. The van der Waals surface area contributed by atoms with Crippen LogP contribution in [-0.2, 0) is 47.2 Å². The first-order chi connectivity index (χ1) is 32.8. The lowest BCUT2D eigenvalue weighted by molar-refractivity contribution is -0.144. The summed E-state index contributed by atoms with van der Waals surface area (Å²) in [5, 5.41) is 0. The fourth-order valence-corrected chi connectivity index (χ4v) is 7.94. The second kappa shape index (κ2) is 50.7. The van der Waals surface area contributed by atoms with Crippen molar-refractivity contribution < 1.29 is 47.2 Å². The number of allylic oxidation sites excluding steroid dienone is 11. The van der Waals surface area contributed by atoms with E-state index >= 15 is 0 Å². The van der Waals surface area contributed by atoms with Gasteiger partial charge in [-0.3, -0.25) is 18.9 Å². The van der Waals surface area contributed by atoms with Crippen LogP contribution >= 0.6 is 19.0 Å². The molecule has 0 unspecified atom stereocenters. The molecular formula is C58H104ClO10P. The summed E-state index contributed by atoms with van der Waals surface area (Å²) in [7, 11) is -2.17. The third-order valence-electron chi connectivity index (χ3n) is 10.8. The maximum atomic E-state index is 11.4. The Kier molecular flexibility index (Phi) is 53.1. The van der Waals surface area contributed by atoms with Gasteiger partial charge in [0, 0.05) is 38.7 Å². The van der Waals surface area contributed by atoms with E-state index in [9.17, 15) is 23.7 Å². The molecular weight excluding hydrogens is 923 g/mol. The van der Waals surface area contributed by atoms with E-state index in [0.29, 0.717) is 45.7 Å². The van der Waals surface area contributed by atoms with Crippen molar-refractivity contribution in [1.82, 2.24) is 0 Å². The molecule has 0 aromatic heterocycles. The molecule has 1 aliphatic carbocycles. The molecule has 70 heavy (non-hydrogen) atoms. The Balaban J connectivity index is -0.000000438. The first-order valence-corrected chi connectivity index (χ1v) is 29.3. The molecule has 408 valence electrons. The molecule has 1 rings (SSSR count). The lowest BCUT2D eigenvalue weighted by Crippen LogP contribution is -2.19. The van der Waals surface area contributed by atoms with E-state index in [4.69, 9.17) is 30.3 Å². The molecule has 12 heteroatoms. The summed E-state index contributed by atoms with van der Waals surface area (Å²) >= 11 is 5.25. The SMILES string of the molecule is C.CCCCCCC/C=C/CCCCCCCC(=O)OCC.CCOC(=O)/C=C(C)/C=C/C=C(C)/C=C/C1=C(C)CCCC1(C)C.CCOC(=O)CCCCCCCC(=O)OCCl.CCOP(C)(C)=O. The summed E-state index contributed by atoms with van der Waals surface area (Å²) in [6.07, 6.45) is 41.8. The topological polar surface area (TPSA) is 132 Å². The van der Waals surface area contributed by atoms with Crippen molar-refractivity contribution in [2.24, 2.45) is 5.41 Å². The second-order valence-corrected chi connectivity index (χ2v) is 21.3. The minimum Gasteiger partial charge on any atom is -0.466 e. The molecule has 0 aromatic rings. The Hall–Kier alpha value is -3.20. The normalized spacial score (nSPS) is 13.6. The quantitative estimate of drug-likeness (QED) is 0.00915. The van der Waals surface area contributed by atoms with Crippen LogP contribution in [0.1, 0.15) is 224 Å². The Morgan fingerprint density at radius 3 is 1.50 bits per heavy atom. The zero-order chi connectivity index (χ0) is 52.6. The van der Waals surface area contributed by atoms with Crippen molar-refractivity contribution in [1.29, 1.82) is 0 Å². The average Bonchev–Trinajstić information content (AvgIpc) is 3.26. The van der Waals surface area contributed by atoms with Gasteiger partial charge in [0.15, 0.2) is 13.4 Å². The predicted octanol–water partition coefficient (Wildman–Crippen LogP) is 17.5. The molecule has 0 aliphatic heterocycles. The van der Waals surface area contributed by atoms with Crippen LogP contribution in [0.5, 0.6) is 0 Å². The first kappa shape index (κ1) is 73.3. The highest BCUT2D eigenvalue weighted by atomic mass is 35.5. The number of carbonyl (C=O) groups excluding carboxylic acids is 4. The van der Waals surface area contributed by atoms with Crippen LogP contribution in [0.2, 0.25) is 0 Å². The largest absolute Gasteiger partial charge is 0.466 e. The smallest absolute Gasteiger partial charge is 0.330 e. The van der Waals surface area contributed by atoms with E-state index in [1.165, 1.54) is 106 Å². The Bertz CT molecular complexity index is 1540. The lowest BCUT2D eigenvalue weighted by Gasteiger charge is -2.32. The molecule has 0 radical (unpaired) electrons. The van der Waals surface area contributed by atoms with E-state index in [1.54, 1.807) is 27.2 Å². The number of halogens is 1. The molecule has 0 fully saturated rings. The van der Waals surface area contributed by atoms with E-state index < -0.39 is 7.37 Å². The van der Waals surface area contributed by atoms with Gasteiger partial charge in [0.1, 0.15) is 0 Å². The number of hydrogen-bond donors (Lipinski definition) is 0. The molecule has 0 bridgehead atoms. The van der Waals surface area contributed by atoms with E-state index in [1.807, 2.05) is 32.9 Å². The third-order valence-corrected chi connectivity index (χ3v) is 11.8.